The maximum absolute atomic E-state index is 12.9. The first kappa shape index (κ1) is 15.8. The highest BCUT2D eigenvalue weighted by Crippen LogP contribution is 2.24. The minimum absolute atomic E-state index is 0.140. The van der Waals surface area contributed by atoms with Crippen molar-refractivity contribution in [1.82, 2.24) is 15.5 Å². The van der Waals surface area contributed by atoms with Crippen LogP contribution in [0.15, 0.2) is 24.3 Å². The molecular formula is C17H22FN3O2. The largest absolute Gasteiger partial charge is 0.350 e. The summed E-state index contributed by atoms with van der Waals surface area (Å²) in [4.78, 5) is 26.1. The Morgan fingerprint density at radius 1 is 1.22 bits per heavy atom. The summed E-state index contributed by atoms with van der Waals surface area (Å²) >= 11 is 0. The Hall–Kier alpha value is -2.11. The monoisotopic (exact) mass is 319 g/mol. The SMILES string of the molecule is O=C(NCc1ccc(F)cc1)C1CN(C2CCCCC2)C(=O)N1. The second-order valence-electron chi connectivity index (χ2n) is 6.29. The lowest BCUT2D eigenvalue weighted by Crippen LogP contribution is -2.42. The smallest absolute Gasteiger partial charge is 0.318 e. The molecular weight excluding hydrogens is 297 g/mol. The van der Waals surface area contributed by atoms with Crippen molar-refractivity contribution in [3.8, 4) is 0 Å². The van der Waals surface area contributed by atoms with Crippen LogP contribution in [0.1, 0.15) is 37.7 Å². The number of urea groups is 1. The molecule has 5 nitrogen and oxygen atoms in total. The Balaban J connectivity index is 1.52. The summed E-state index contributed by atoms with van der Waals surface area (Å²) in [5, 5.41) is 5.56. The zero-order valence-electron chi connectivity index (χ0n) is 13.1. The molecule has 124 valence electrons. The third-order valence-electron chi connectivity index (χ3n) is 4.65. The Morgan fingerprint density at radius 2 is 1.91 bits per heavy atom. The topological polar surface area (TPSA) is 61.4 Å². The standard InChI is InChI=1S/C17H22FN3O2/c18-13-8-6-12(7-9-13)10-19-16(22)15-11-21(17(23)20-15)14-4-2-1-3-5-14/h6-9,14-15H,1-5,10-11H2,(H,19,22)(H,20,23). The van der Waals surface area contributed by atoms with Gasteiger partial charge in [-0.25, -0.2) is 9.18 Å². The van der Waals surface area contributed by atoms with Gasteiger partial charge in [0.25, 0.3) is 0 Å². The van der Waals surface area contributed by atoms with Crippen LogP contribution in [-0.4, -0.2) is 35.5 Å². The summed E-state index contributed by atoms with van der Waals surface area (Å²) in [5.74, 6) is -0.493. The van der Waals surface area contributed by atoms with E-state index in [1.54, 1.807) is 17.0 Å². The fourth-order valence-electron chi connectivity index (χ4n) is 3.33. The predicted octanol–water partition coefficient (Wildman–Crippen LogP) is 2.17. The molecule has 0 bridgehead atoms. The average molecular weight is 319 g/mol. The third-order valence-corrected chi connectivity index (χ3v) is 4.65. The van der Waals surface area contributed by atoms with Crippen LogP contribution in [0.4, 0.5) is 9.18 Å². The van der Waals surface area contributed by atoms with E-state index in [0.29, 0.717) is 13.1 Å². The van der Waals surface area contributed by atoms with Crippen LogP contribution in [0.3, 0.4) is 0 Å². The van der Waals surface area contributed by atoms with Crippen molar-refractivity contribution in [1.29, 1.82) is 0 Å². The van der Waals surface area contributed by atoms with Gasteiger partial charge < -0.3 is 15.5 Å². The Bertz CT molecular complexity index is 570. The molecule has 2 fully saturated rings. The van der Waals surface area contributed by atoms with Gasteiger partial charge in [0, 0.05) is 12.6 Å². The van der Waals surface area contributed by atoms with E-state index < -0.39 is 6.04 Å². The van der Waals surface area contributed by atoms with Crippen molar-refractivity contribution < 1.29 is 14.0 Å². The van der Waals surface area contributed by atoms with Crippen molar-refractivity contribution in [2.45, 2.75) is 50.7 Å². The molecule has 2 aliphatic rings. The van der Waals surface area contributed by atoms with E-state index >= 15 is 0 Å². The summed E-state index contributed by atoms with van der Waals surface area (Å²) in [6, 6.07) is 5.61. The van der Waals surface area contributed by atoms with E-state index in [1.807, 2.05) is 0 Å². The second kappa shape index (κ2) is 6.98. The van der Waals surface area contributed by atoms with E-state index in [0.717, 1.165) is 31.2 Å². The second-order valence-corrected chi connectivity index (χ2v) is 6.29. The molecule has 1 unspecified atom stereocenters. The quantitative estimate of drug-likeness (QED) is 0.893. The van der Waals surface area contributed by atoms with Crippen molar-refractivity contribution in [3.05, 3.63) is 35.6 Å². The lowest BCUT2D eigenvalue weighted by Gasteiger charge is -2.30. The molecule has 1 heterocycles. The summed E-state index contributed by atoms with van der Waals surface area (Å²) in [7, 11) is 0. The highest BCUT2D eigenvalue weighted by atomic mass is 19.1. The molecule has 1 saturated heterocycles. The van der Waals surface area contributed by atoms with Crippen LogP contribution in [-0.2, 0) is 11.3 Å². The number of benzene rings is 1. The highest BCUT2D eigenvalue weighted by Gasteiger charge is 2.37. The maximum Gasteiger partial charge on any atom is 0.318 e. The van der Waals surface area contributed by atoms with Crippen LogP contribution in [0.5, 0.6) is 0 Å². The fraction of sp³-hybridized carbons (Fsp3) is 0.529. The van der Waals surface area contributed by atoms with Gasteiger partial charge >= 0.3 is 6.03 Å². The lowest BCUT2D eigenvalue weighted by molar-refractivity contribution is -0.122. The first-order valence-electron chi connectivity index (χ1n) is 8.23. The molecule has 6 heteroatoms. The number of hydrogen-bond acceptors (Lipinski definition) is 2. The van der Waals surface area contributed by atoms with Crippen molar-refractivity contribution in [2.24, 2.45) is 0 Å². The van der Waals surface area contributed by atoms with Crippen LogP contribution in [0.2, 0.25) is 0 Å². The molecule has 1 aromatic carbocycles. The van der Waals surface area contributed by atoms with Crippen LogP contribution < -0.4 is 10.6 Å². The van der Waals surface area contributed by atoms with E-state index in [9.17, 15) is 14.0 Å². The summed E-state index contributed by atoms with van der Waals surface area (Å²) < 4.78 is 12.9. The first-order chi connectivity index (χ1) is 11.1. The van der Waals surface area contributed by atoms with Gasteiger partial charge in [0.05, 0.1) is 6.54 Å². The molecule has 1 saturated carbocycles. The Labute approximate surface area is 135 Å². The number of amides is 3. The minimum atomic E-state index is -0.509. The van der Waals surface area contributed by atoms with Crippen LogP contribution in [0.25, 0.3) is 0 Å². The zero-order valence-corrected chi connectivity index (χ0v) is 13.1. The molecule has 0 spiro atoms. The lowest BCUT2D eigenvalue weighted by atomic mass is 9.94. The maximum atomic E-state index is 12.9. The van der Waals surface area contributed by atoms with Gasteiger partial charge in [-0.2, -0.15) is 0 Å². The predicted molar refractivity (Wildman–Crippen MR) is 84.1 cm³/mol. The summed E-state index contributed by atoms with van der Waals surface area (Å²) in [6.45, 7) is 0.758. The van der Waals surface area contributed by atoms with E-state index in [2.05, 4.69) is 10.6 Å². The highest BCUT2D eigenvalue weighted by molar-refractivity contribution is 5.90. The molecule has 3 rings (SSSR count). The average Bonchev–Trinajstić information content (AvgIpc) is 2.97. The molecule has 23 heavy (non-hydrogen) atoms. The van der Waals surface area contributed by atoms with Gasteiger partial charge in [-0.05, 0) is 30.5 Å². The molecule has 0 radical (unpaired) electrons. The molecule has 1 aliphatic heterocycles. The number of carbonyl (C=O) groups excluding carboxylic acids is 2. The molecule has 2 N–H and O–H groups in total. The van der Waals surface area contributed by atoms with Crippen LogP contribution in [0, 0.1) is 5.82 Å². The number of rotatable bonds is 4. The van der Waals surface area contributed by atoms with Gasteiger partial charge in [0.1, 0.15) is 11.9 Å². The molecule has 0 aromatic heterocycles. The number of hydrogen-bond donors (Lipinski definition) is 2. The van der Waals surface area contributed by atoms with E-state index in [-0.39, 0.29) is 23.8 Å². The summed E-state index contributed by atoms with van der Waals surface area (Å²) in [6.07, 6.45) is 5.58. The zero-order chi connectivity index (χ0) is 16.2. The summed E-state index contributed by atoms with van der Waals surface area (Å²) in [5.41, 5.74) is 0.827. The number of nitrogens with one attached hydrogen (secondary N) is 2. The first-order valence-corrected chi connectivity index (χ1v) is 8.23. The minimum Gasteiger partial charge on any atom is -0.350 e. The van der Waals surface area contributed by atoms with Gasteiger partial charge in [-0.3, -0.25) is 4.79 Å². The van der Waals surface area contributed by atoms with E-state index in [1.165, 1.54) is 18.6 Å². The third kappa shape index (κ3) is 3.81. The number of carbonyl (C=O) groups is 2. The molecule has 1 aliphatic carbocycles. The van der Waals surface area contributed by atoms with Crippen molar-refractivity contribution in [3.63, 3.8) is 0 Å². The van der Waals surface area contributed by atoms with Gasteiger partial charge in [0.2, 0.25) is 5.91 Å². The van der Waals surface area contributed by atoms with Gasteiger partial charge in [0.15, 0.2) is 0 Å². The van der Waals surface area contributed by atoms with Gasteiger partial charge in [-0.15, -0.1) is 0 Å². The molecule has 1 aromatic rings. The van der Waals surface area contributed by atoms with Crippen molar-refractivity contribution >= 4 is 11.9 Å². The van der Waals surface area contributed by atoms with Crippen molar-refractivity contribution in [2.75, 3.05) is 6.54 Å². The Morgan fingerprint density at radius 3 is 2.61 bits per heavy atom. The molecule has 1 atom stereocenters. The molecule has 3 amide bonds. The van der Waals surface area contributed by atoms with Crippen LogP contribution >= 0.6 is 0 Å². The van der Waals surface area contributed by atoms with Gasteiger partial charge in [-0.1, -0.05) is 31.4 Å². The Kier molecular flexibility index (Phi) is 4.79. The number of nitrogens with zero attached hydrogens (tertiary/aromatic N) is 1. The number of halogens is 1. The fourth-order valence-corrected chi connectivity index (χ4v) is 3.33. The van der Waals surface area contributed by atoms with E-state index in [4.69, 9.17) is 0 Å². The normalized spacial score (nSPS) is 22.0.